The molecule has 2 unspecified atom stereocenters. The third-order valence-corrected chi connectivity index (χ3v) is 3.36. The summed E-state index contributed by atoms with van der Waals surface area (Å²) in [7, 11) is 0. The lowest BCUT2D eigenvalue weighted by molar-refractivity contribution is 0.442. The molecule has 0 amide bonds. The number of hydrogen-bond donors (Lipinski definition) is 1. The van der Waals surface area contributed by atoms with E-state index in [1.807, 2.05) is 12.1 Å². The molecule has 3 heteroatoms. The summed E-state index contributed by atoms with van der Waals surface area (Å²) >= 11 is 12.0. The molecule has 0 bridgehead atoms. The van der Waals surface area contributed by atoms with Crippen molar-refractivity contribution in [3.8, 4) is 0 Å². The standard InChI is InChI=1S/C12H17Cl2N/c1-3-12(15)8(2)6-9-7-10(13)4-5-11(9)14/h4-5,7-8,12H,3,6,15H2,1-2H3. The zero-order valence-electron chi connectivity index (χ0n) is 9.13. The highest BCUT2D eigenvalue weighted by Crippen LogP contribution is 2.24. The van der Waals surface area contributed by atoms with Gasteiger partial charge in [-0.3, -0.25) is 0 Å². The third-order valence-electron chi connectivity index (χ3n) is 2.75. The van der Waals surface area contributed by atoms with Crippen LogP contribution in [0.1, 0.15) is 25.8 Å². The second kappa shape index (κ2) is 5.74. The van der Waals surface area contributed by atoms with Crippen molar-refractivity contribution in [3.05, 3.63) is 33.8 Å². The Morgan fingerprint density at radius 3 is 2.60 bits per heavy atom. The zero-order valence-corrected chi connectivity index (χ0v) is 10.6. The van der Waals surface area contributed by atoms with Crippen molar-refractivity contribution < 1.29 is 0 Å². The summed E-state index contributed by atoms with van der Waals surface area (Å²) in [5.41, 5.74) is 7.06. The van der Waals surface area contributed by atoms with Crippen LogP contribution < -0.4 is 5.73 Å². The summed E-state index contributed by atoms with van der Waals surface area (Å²) in [6.45, 7) is 4.24. The maximum absolute atomic E-state index is 6.09. The highest BCUT2D eigenvalue weighted by molar-refractivity contribution is 6.33. The van der Waals surface area contributed by atoms with E-state index in [1.165, 1.54) is 0 Å². The molecule has 0 spiro atoms. The smallest absolute Gasteiger partial charge is 0.0439 e. The van der Waals surface area contributed by atoms with Crippen LogP contribution in [-0.2, 0) is 6.42 Å². The maximum Gasteiger partial charge on any atom is 0.0439 e. The van der Waals surface area contributed by atoms with Gasteiger partial charge in [-0.25, -0.2) is 0 Å². The Balaban J connectivity index is 2.75. The van der Waals surface area contributed by atoms with Crippen LogP contribution in [0.15, 0.2) is 18.2 Å². The van der Waals surface area contributed by atoms with E-state index in [0.717, 1.165) is 28.5 Å². The Morgan fingerprint density at radius 2 is 2.00 bits per heavy atom. The highest BCUT2D eigenvalue weighted by atomic mass is 35.5. The van der Waals surface area contributed by atoms with Crippen molar-refractivity contribution in [1.82, 2.24) is 0 Å². The van der Waals surface area contributed by atoms with Crippen molar-refractivity contribution in [1.29, 1.82) is 0 Å². The molecule has 1 aromatic rings. The molecule has 0 aliphatic carbocycles. The monoisotopic (exact) mass is 245 g/mol. The number of rotatable bonds is 4. The van der Waals surface area contributed by atoms with Gasteiger partial charge in [-0.1, -0.05) is 37.0 Å². The topological polar surface area (TPSA) is 26.0 Å². The minimum Gasteiger partial charge on any atom is -0.327 e. The van der Waals surface area contributed by atoms with Gasteiger partial charge in [0.05, 0.1) is 0 Å². The molecule has 15 heavy (non-hydrogen) atoms. The lowest BCUT2D eigenvalue weighted by Crippen LogP contribution is -2.28. The Labute approximate surface area is 102 Å². The second-order valence-electron chi connectivity index (χ2n) is 3.99. The molecule has 0 heterocycles. The van der Waals surface area contributed by atoms with E-state index >= 15 is 0 Å². The fourth-order valence-corrected chi connectivity index (χ4v) is 1.99. The largest absolute Gasteiger partial charge is 0.327 e. The van der Waals surface area contributed by atoms with Crippen LogP contribution in [0, 0.1) is 5.92 Å². The van der Waals surface area contributed by atoms with Crippen LogP contribution in [0.3, 0.4) is 0 Å². The summed E-state index contributed by atoms with van der Waals surface area (Å²) in [5, 5.41) is 1.50. The molecular formula is C12H17Cl2N. The maximum atomic E-state index is 6.09. The lowest BCUT2D eigenvalue weighted by atomic mass is 9.93. The fourth-order valence-electron chi connectivity index (χ4n) is 1.60. The molecule has 1 aromatic carbocycles. The highest BCUT2D eigenvalue weighted by Gasteiger charge is 2.13. The predicted octanol–water partition coefficient (Wildman–Crippen LogP) is 3.91. The number of halogens is 2. The summed E-state index contributed by atoms with van der Waals surface area (Å²) < 4.78 is 0. The molecule has 1 nitrogen and oxygen atoms in total. The van der Waals surface area contributed by atoms with E-state index < -0.39 is 0 Å². The van der Waals surface area contributed by atoms with E-state index in [9.17, 15) is 0 Å². The average molecular weight is 246 g/mol. The lowest BCUT2D eigenvalue weighted by Gasteiger charge is -2.18. The predicted molar refractivity (Wildman–Crippen MR) is 67.6 cm³/mol. The van der Waals surface area contributed by atoms with Crippen LogP contribution in [0.25, 0.3) is 0 Å². The summed E-state index contributed by atoms with van der Waals surface area (Å²) in [5.74, 6) is 0.422. The number of nitrogens with two attached hydrogens (primary N) is 1. The molecule has 0 saturated carbocycles. The zero-order chi connectivity index (χ0) is 11.4. The quantitative estimate of drug-likeness (QED) is 0.856. The molecule has 84 valence electrons. The van der Waals surface area contributed by atoms with E-state index in [0.29, 0.717) is 5.92 Å². The minimum absolute atomic E-state index is 0.222. The molecule has 1 rings (SSSR count). The summed E-state index contributed by atoms with van der Waals surface area (Å²) in [6.07, 6.45) is 1.87. The van der Waals surface area contributed by atoms with Gasteiger partial charge in [0.15, 0.2) is 0 Å². The van der Waals surface area contributed by atoms with Crippen molar-refractivity contribution in [2.24, 2.45) is 11.7 Å². The van der Waals surface area contributed by atoms with Gasteiger partial charge in [0.2, 0.25) is 0 Å². The Morgan fingerprint density at radius 1 is 1.33 bits per heavy atom. The first kappa shape index (κ1) is 12.8. The van der Waals surface area contributed by atoms with Crippen molar-refractivity contribution in [2.45, 2.75) is 32.7 Å². The minimum atomic E-state index is 0.222. The molecule has 0 saturated heterocycles. The molecule has 2 N–H and O–H groups in total. The van der Waals surface area contributed by atoms with E-state index in [1.54, 1.807) is 6.07 Å². The van der Waals surface area contributed by atoms with E-state index in [4.69, 9.17) is 28.9 Å². The average Bonchev–Trinajstić information content (AvgIpc) is 2.22. The van der Waals surface area contributed by atoms with E-state index in [-0.39, 0.29) is 6.04 Å². The van der Waals surface area contributed by atoms with Crippen molar-refractivity contribution in [3.63, 3.8) is 0 Å². The normalized spacial score (nSPS) is 15.0. The van der Waals surface area contributed by atoms with Crippen LogP contribution in [0.4, 0.5) is 0 Å². The molecule has 0 fully saturated rings. The van der Waals surface area contributed by atoms with Crippen LogP contribution >= 0.6 is 23.2 Å². The van der Waals surface area contributed by atoms with Gasteiger partial charge in [-0.15, -0.1) is 0 Å². The molecule has 0 aromatic heterocycles. The van der Waals surface area contributed by atoms with E-state index in [2.05, 4.69) is 13.8 Å². The van der Waals surface area contributed by atoms with Gasteiger partial charge in [0.25, 0.3) is 0 Å². The number of benzene rings is 1. The van der Waals surface area contributed by atoms with Crippen molar-refractivity contribution >= 4 is 23.2 Å². The molecule has 0 radical (unpaired) electrons. The van der Waals surface area contributed by atoms with Gasteiger partial charge < -0.3 is 5.73 Å². The third kappa shape index (κ3) is 3.67. The van der Waals surface area contributed by atoms with Gasteiger partial charge in [0, 0.05) is 16.1 Å². The Kier molecular flexibility index (Phi) is 4.91. The summed E-state index contributed by atoms with van der Waals surface area (Å²) in [4.78, 5) is 0. The molecule has 0 aliphatic rings. The van der Waals surface area contributed by atoms with Gasteiger partial charge in [-0.2, -0.15) is 0 Å². The fraction of sp³-hybridized carbons (Fsp3) is 0.500. The first-order chi connectivity index (χ1) is 7.04. The second-order valence-corrected chi connectivity index (χ2v) is 4.83. The van der Waals surface area contributed by atoms with Gasteiger partial charge >= 0.3 is 0 Å². The molecule has 2 atom stereocenters. The van der Waals surface area contributed by atoms with Crippen LogP contribution in [0.2, 0.25) is 10.0 Å². The molecular weight excluding hydrogens is 229 g/mol. The summed E-state index contributed by atoms with van der Waals surface area (Å²) in [6, 6.07) is 5.78. The Bertz CT molecular complexity index is 325. The molecule has 0 aliphatic heterocycles. The van der Waals surface area contributed by atoms with Crippen LogP contribution in [0.5, 0.6) is 0 Å². The Hall–Kier alpha value is -0.240. The van der Waals surface area contributed by atoms with Gasteiger partial charge in [0.1, 0.15) is 0 Å². The SMILES string of the molecule is CCC(N)C(C)Cc1cc(Cl)ccc1Cl. The first-order valence-corrected chi connectivity index (χ1v) is 5.99. The van der Waals surface area contributed by atoms with Crippen LogP contribution in [-0.4, -0.2) is 6.04 Å². The van der Waals surface area contributed by atoms with Gasteiger partial charge in [-0.05, 0) is 42.5 Å². The number of hydrogen-bond acceptors (Lipinski definition) is 1. The first-order valence-electron chi connectivity index (χ1n) is 5.24. The van der Waals surface area contributed by atoms with Crippen molar-refractivity contribution in [2.75, 3.05) is 0 Å².